The summed E-state index contributed by atoms with van der Waals surface area (Å²) in [6.07, 6.45) is 5.01. The molecule has 1 aliphatic rings. The summed E-state index contributed by atoms with van der Waals surface area (Å²) in [5.74, 6) is 1.19. The largest absolute Gasteiger partial charge is 0.493 e. The molecule has 2 amide bonds. The molecule has 226 valence electrons. The lowest BCUT2D eigenvalue weighted by Gasteiger charge is -2.34. The monoisotopic (exact) mass is 587 g/mol. The van der Waals surface area contributed by atoms with Gasteiger partial charge in [0.25, 0.3) is 0 Å². The number of carbonyl (C=O) groups is 2. The molecule has 1 atom stereocenters. The molecule has 1 saturated carbocycles. The van der Waals surface area contributed by atoms with Crippen molar-refractivity contribution >= 4 is 28.5 Å². The topological polar surface area (TPSA) is 117 Å². The van der Waals surface area contributed by atoms with Crippen LogP contribution >= 0.6 is 0 Å². The quantitative estimate of drug-likeness (QED) is 0.269. The van der Waals surface area contributed by atoms with Crippen LogP contribution in [0.25, 0.3) is 11.0 Å². The fourth-order valence-corrected chi connectivity index (χ4v) is 5.62. The number of methoxy groups -OCH3 is 4. The molecule has 0 spiro atoms. The van der Waals surface area contributed by atoms with Crippen molar-refractivity contribution in [3.05, 3.63) is 66.2 Å². The number of amides is 2. The van der Waals surface area contributed by atoms with Gasteiger partial charge in [0.05, 0.1) is 34.0 Å². The van der Waals surface area contributed by atoms with E-state index in [1.807, 2.05) is 24.3 Å². The lowest BCUT2D eigenvalue weighted by Crippen LogP contribution is -2.48. The van der Waals surface area contributed by atoms with Gasteiger partial charge in [-0.1, -0.05) is 42.7 Å². The lowest BCUT2D eigenvalue weighted by atomic mass is 9.94. The number of carbonyl (C=O) groups excluding carboxylic acids is 2. The van der Waals surface area contributed by atoms with Gasteiger partial charge in [0.1, 0.15) is 18.1 Å². The highest BCUT2D eigenvalue weighted by atomic mass is 16.5. The fourth-order valence-electron chi connectivity index (χ4n) is 5.62. The SMILES string of the molecule is COc1ccc([C@H](C(=O)NC2CCCCC2)N(C(=O)Cn2nnc3ccccc32)c2ccc(OC)c(OC)c2)cc1OC. The van der Waals surface area contributed by atoms with Crippen LogP contribution in [0.2, 0.25) is 0 Å². The maximum atomic E-state index is 14.4. The third-order valence-corrected chi connectivity index (χ3v) is 7.80. The summed E-state index contributed by atoms with van der Waals surface area (Å²) in [5, 5.41) is 11.7. The van der Waals surface area contributed by atoms with Crippen LogP contribution in [0.3, 0.4) is 0 Å². The summed E-state index contributed by atoms with van der Waals surface area (Å²) in [6, 6.07) is 16.8. The van der Waals surface area contributed by atoms with Gasteiger partial charge in [-0.15, -0.1) is 5.10 Å². The lowest BCUT2D eigenvalue weighted by molar-refractivity contribution is -0.127. The Kier molecular flexibility index (Phi) is 9.29. The predicted molar refractivity (Wildman–Crippen MR) is 162 cm³/mol. The van der Waals surface area contributed by atoms with E-state index in [1.54, 1.807) is 50.6 Å². The zero-order valence-corrected chi connectivity index (χ0v) is 24.9. The highest BCUT2D eigenvalue weighted by molar-refractivity contribution is 6.02. The first-order valence-electron chi connectivity index (χ1n) is 14.3. The molecule has 43 heavy (non-hydrogen) atoms. The Hall–Kier alpha value is -4.80. The van der Waals surface area contributed by atoms with E-state index in [2.05, 4.69) is 15.6 Å². The molecule has 0 saturated heterocycles. The first-order chi connectivity index (χ1) is 21.0. The van der Waals surface area contributed by atoms with Crippen LogP contribution in [0.4, 0.5) is 5.69 Å². The van der Waals surface area contributed by atoms with Gasteiger partial charge in [-0.25, -0.2) is 4.68 Å². The molecule has 0 unspecified atom stereocenters. The Morgan fingerprint density at radius 1 is 0.860 bits per heavy atom. The molecular weight excluding hydrogens is 550 g/mol. The summed E-state index contributed by atoms with van der Waals surface area (Å²) in [5.41, 5.74) is 2.38. The molecule has 1 fully saturated rings. The normalized spacial score (nSPS) is 14.1. The minimum Gasteiger partial charge on any atom is -0.493 e. The molecule has 0 radical (unpaired) electrons. The van der Waals surface area contributed by atoms with Crippen LogP contribution < -0.4 is 29.2 Å². The number of anilines is 1. The summed E-state index contributed by atoms with van der Waals surface area (Å²) in [6.45, 7) is -0.157. The number of nitrogens with one attached hydrogen (secondary N) is 1. The molecule has 1 N–H and O–H groups in total. The molecule has 5 rings (SSSR count). The van der Waals surface area contributed by atoms with Crippen LogP contribution in [0.15, 0.2) is 60.7 Å². The Morgan fingerprint density at radius 3 is 2.21 bits per heavy atom. The average molecular weight is 588 g/mol. The molecular formula is C32H37N5O6. The first kappa shape index (κ1) is 29.7. The molecule has 3 aromatic carbocycles. The zero-order valence-electron chi connectivity index (χ0n) is 24.9. The Balaban J connectivity index is 1.64. The van der Waals surface area contributed by atoms with E-state index in [0.29, 0.717) is 45.3 Å². The Bertz CT molecular complexity index is 1580. The number of ether oxygens (including phenoxy) is 4. The van der Waals surface area contributed by atoms with Gasteiger partial charge in [-0.2, -0.15) is 0 Å². The second-order valence-corrected chi connectivity index (χ2v) is 10.4. The van der Waals surface area contributed by atoms with E-state index >= 15 is 0 Å². The first-order valence-corrected chi connectivity index (χ1v) is 14.3. The van der Waals surface area contributed by atoms with Crippen LogP contribution in [0.5, 0.6) is 23.0 Å². The van der Waals surface area contributed by atoms with Gasteiger partial charge in [0.2, 0.25) is 11.8 Å². The van der Waals surface area contributed by atoms with E-state index in [4.69, 9.17) is 18.9 Å². The predicted octanol–water partition coefficient (Wildman–Crippen LogP) is 4.69. The standard InChI is InChI=1S/C32H37N5O6/c1-40-26-16-14-21(18-28(26)42-3)31(32(39)33-22-10-6-5-7-11-22)37(23-15-17-27(41-2)29(19-23)43-4)30(38)20-36-25-13-9-8-12-24(25)34-35-36/h8-9,12-19,22,31H,5-7,10-11,20H2,1-4H3,(H,33,39)/t31-/m1/s1. The van der Waals surface area contributed by atoms with Crippen molar-refractivity contribution in [2.45, 2.75) is 50.7 Å². The van der Waals surface area contributed by atoms with Crippen LogP contribution in [0.1, 0.15) is 43.7 Å². The van der Waals surface area contributed by atoms with Crippen molar-refractivity contribution in [1.82, 2.24) is 20.3 Å². The second kappa shape index (κ2) is 13.5. The number of para-hydroxylation sites is 1. The van der Waals surface area contributed by atoms with Crippen molar-refractivity contribution < 1.29 is 28.5 Å². The van der Waals surface area contributed by atoms with Gasteiger partial charge in [0.15, 0.2) is 23.0 Å². The smallest absolute Gasteiger partial charge is 0.249 e. The summed E-state index contributed by atoms with van der Waals surface area (Å²) < 4.78 is 23.6. The van der Waals surface area contributed by atoms with E-state index in [0.717, 1.165) is 32.1 Å². The molecule has 11 nitrogen and oxygen atoms in total. The zero-order chi connectivity index (χ0) is 30.3. The van der Waals surface area contributed by atoms with Crippen molar-refractivity contribution in [3.63, 3.8) is 0 Å². The van der Waals surface area contributed by atoms with Crippen LogP contribution in [-0.4, -0.2) is 61.3 Å². The second-order valence-electron chi connectivity index (χ2n) is 10.4. The Labute approximate surface area is 250 Å². The molecule has 11 heteroatoms. The average Bonchev–Trinajstić information content (AvgIpc) is 3.45. The van der Waals surface area contributed by atoms with Gasteiger partial charge in [0, 0.05) is 17.8 Å². The highest BCUT2D eigenvalue weighted by Crippen LogP contribution is 2.38. The summed E-state index contributed by atoms with van der Waals surface area (Å²) >= 11 is 0. The minimum absolute atomic E-state index is 0.0190. The van der Waals surface area contributed by atoms with E-state index in [-0.39, 0.29) is 24.4 Å². The van der Waals surface area contributed by atoms with Crippen LogP contribution in [-0.2, 0) is 16.1 Å². The van der Waals surface area contributed by atoms with Crippen molar-refractivity contribution in [2.24, 2.45) is 0 Å². The number of aromatic nitrogens is 3. The Morgan fingerprint density at radius 2 is 1.51 bits per heavy atom. The molecule has 0 aliphatic heterocycles. The number of fused-ring (bicyclic) bond motifs is 1. The summed E-state index contributed by atoms with van der Waals surface area (Å²) in [7, 11) is 6.15. The molecule has 1 aliphatic carbocycles. The third kappa shape index (κ3) is 6.35. The van der Waals surface area contributed by atoms with Gasteiger partial charge in [-0.3, -0.25) is 14.5 Å². The van der Waals surface area contributed by atoms with E-state index < -0.39 is 6.04 Å². The number of benzene rings is 3. The maximum Gasteiger partial charge on any atom is 0.249 e. The van der Waals surface area contributed by atoms with Gasteiger partial charge < -0.3 is 24.3 Å². The molecule has 1 aromatic heterocycles. The number of hydrogen-bond acceptors (Lipinski definition) is 8. The van der Waals surface area contributed by atoms with Gasteiger partial charge >= 0.3 is 0 Å². The fraction of sp³-hybridized carbons (Fsp3) is 0.375. The molecule has 4 aromatic rings. The van der Waals surface area contributed by atoms with Crippen LogP contribution in [0, 0.1) is 0 Å². The maximum absolute atomic E-state index is 14.4. The molecule has 0 bridgehead atoms. The summed E-state index contributed by atoms with van der Waals surface area (Å²) in [4.78, 5) is 30.2. The van der Waals surface area contributed by atoms with E-state index in [9.17, 15) is 9.59 Å². The van der Waals surface area contributed by atoms with Gasteiger partial charge in [-0.05, 0) is 54.8 Å². The number of rotatable bonds is 11. The van der Waals surface area contributed by atoms with Crippen molar-refractivity contribution in [1.29, 1.82) is 0 Å². The minimum atomic E-state index is -1.05. The van der Waals surface area contributed by atoms with Crippen molar-refractivity contribution in [3.8, 4) is 23.0 Å². The number of nitrogens with zero attached hydrogens (tertiary/aromatic N) is 4. The molecule has 1 heterocycles. The van der Waals surface area contributed by atoms with E-state index in [1.165, 1.54) is 23.8 Å². The van der Waals surface area contributed by atoms with Crippen molar-refractivity contribution in [2.75, 3.05) is 33.3 Å². The highest BCUT2D eigenvalue weighted by Gasteiger charge is 2.35. The third-order valence-electron chi connectivity index (χ3n) is 7.80. The number of hydrogen-bond donors (Lipinski definition) is 1.